The van der Waals surface area contributed by atoms with E-state index in [1.54, 1.807) is 47.6 Å². The van der Waals surface area contributed by atoms with Crippen molar-refractivity contribution in [1.82, 2.24) is 25.6 Å². The normalized spacial score (nSPS) is 23.8. The van der Waals surface area contributed by atoms with Crippen LogP contribution in [0.5, 0.6) is 0 Å². The van der Waals surface area contributed by atoms with Gasteiger partial charge in [-0.05, 0) is 63.3 Å². The van der Waals surface area contributed by atoms with E-state index in [-0.39, 0.29) is 19.4 Å². The largest absolute Gasteiger partial charge is 0.444 e. The van der Waals surface area contributed by atoms with E-state index in [1.165, 1.54) is 11.0 Å². The minimum atomic E-state index is -3.91. The maximum atomic E-state index is 14.4. The van der Waals surface area contributed by atoms with Crippen LogP contribution >= 0.6 is 0 Å². The van der Waals surface area contributed by atoms with Gasteiger partial charge in [-0.1, -0.05) is 63.2 Å². The highest BCUT2D eigenvalue weighted by molar-refractivity contribution is 7.91. The standard InChI is InChI=1S/C36H48N6O8S/c1-8-22-19-36(22,31(45)41-51(48,49)24-16-17-24)40-29(43)27-18-23(37-32(46)38-26-15-11-13-21-12-9-10-14-25(21)26)20-42(27)30(44)28(34(2,3)4)39-33(47)50-35(5,6)7/h8-15,22-24,27-28H,1,16-20H2,2-7H3,(H,39,47)(H,40,43)(H,41,45)(H2,37,38,46)/t22?,23-,27+,28-,36?/m1/s1. The van der Waals surface area contributed by atoms with Crippen LogP contribution in [0.3, 0.4) is 0 Å². The Bertz CT molecular complexity index is 1840. The molecule has 51 heavy (non-hydrogen) atoms. The number of sulfonamides is 1. The fourth-order valence-electron chi connectivity index (χ4n) is 6.37. The van der Waals surface area contributed by atoms with Gasteiger partial charge in [-0.3, -0.25) is 19.1 Å². The maximum Gasteiger partial charge on any atom is 0.408 e. The third-order valence-corrected chi connectivity index (χ3v) is 11.1. The number of carbonyl (C=O) groups is 5. The van der Waals surface area contributed by atoms with Crippen LogP contribution in [-0.4, -0.2) is 84.2 Å². The van der Waals surface area contributed by atoms with Crippen LogP contribution in [-0.2, 0) is 29.1 Å². The van der Waals surface area contributed by atoms with Gasteiger partial charge >= 0.3 is 12.1 Å². The highest BCUT2D eigenvalue weighted by Gasteiger charge is 2.62. The second kappa shape index (κ2) is 13.8. The zero-order valence-electron chi connectivity index (χ0n) is 29.9. The zero-order valence-corrected chi connectivity index (χ0v) is 30.7. The highest BCUT2D eigenvalue weighted by atomic mass is 32.2. The maximum absolute atomic E-state index is 14.4. The first-order valence-electron chi connectivity index (χ1n) is 17.1. The van der Waals surface area contributed by atoms with Crippen molar-refractivity contribution < 1.29 is 37.1 Å². The molecule has 0 spiro atoms. The second-order valence-corrected chi connectivity index (χ2v) is 17.7. The summed E-state index contributed by atoms with van der Waals surface area (Å²) in [4.78, 5) is 69.4. The molecule has 6 amide bonds. The molecule has 1 saturated heterocycles. The molecule has 276 valence electrons. The van der Waals surface area contributed by atoms with Crippen molar-refractivity contribution in [2.24, 2.45) is 11.3 Å². The summed E-state index contributed by atoms with van der Waals surface area (Å²) in [5, 5.41) is 12.2. The van der Waals surface area contributed by atoms with E-state index in [4.69, 9.17) is 4.74 Å². The molecule has 3 fully saturated rings. The van der Waals surface area contributed by atoms with Crippen molar-refractivity contribution in [2.45, 2.75) is 102 Å². The lowest BCUT2D eigenvalue weighted by atomic mass is 9.85. The van der Waals surface area contributed by atoms with Crippen LogP contribution in [0.1, 0.15) is 67.2 Å². The van der Waals surface area contributed by atoms with Gasteiger partial charge in [0, 0.05) is 17.8 Å². The van der Waals surface area contributed by atoms with E-state index >= 15 is 0 Å². The molecule has 0 aromatic heterocycles. The summed E-state index contributed by atoms with van der Waals surface area (Å²) < 4.78 is 32.8. The number of hydrogen-bond donors (Lipinski definition) is 5. The lowest BCUT2D eigenvalue weighted by Gasteiger charge is -2.36. The van der Waals surface area contributed by atoms with Crippen molar-refractivity contribution in [3.63, 3.8) is 0 Å². The SMILES string of the molecule is C=CC1CC1(NC(=O)[C@@H]1C[C@@H](NC(=O)Nc2cccc3ccccc23)CN1C(=O)[C@@H](NC(=O)OC(C)(C)C)C(C)(C)C)C(=O)NS(=O)(=O)C1CC1. The van der Waals surface area contributed by atoms with E-state index < -0.39 is 85.7 Å². The van der Waals surface area contributed by atoms with Gasteiger partial charge in [-0.15, -0.1) is 6.58 Å². The molecule has 2 aliphatic carbocycles. The van der Waals surface area contributed by atoms with Crippen molar-refractivity contribution >= 4 is 56.3 Å². The number of likely N-dealkylation sites (tertiary alicyclic amines) is 1. The van der Waals surface area contributed by atoms with Crippen molar-refractivity contribution in [3.8, 4) is 0 Å². The summed E-state index contributed by atoms with van der Waals surface area (Å²) in [7, 11) is -3.91. The van der Waals surface area contributed by atoms with Crippen molar-refractivity contribution in [1.29, 1.82) is 0 Å². The molecular weight excluding hydrogens is 676 g/mol. The van der Waals surface area contributed by atoms with Gasteiger partial charge < -0.3 is 30.9 Å². The van der Waals surface area contributed by atoms with Crippen LogP contribution in [0.15, 0.2) is 55.1 Å². The molecule has 0 bridgehead atoms. The number of fused-ring (bicyclic) bond motifs is 1. The molecule has 15 heteroatoms. The molecule has 2 saturated carbocycles. The van der Waals surface area contributed by atoms with E-state index in [0.717, 1.165) is 10.8 Å². The second-order valence-electron chi connectivity index (χ2n) is 15.7. The smallest absolute Gasteiger partial charge is 0.408 e. The number of urea groups is 1. The fraction of sp³-hybridized carbons (Fsp3) is 0.528. The van der Waals surface area contributed by atoms with Crippen LogP contribution in [0.2, 0.25) is 0 Å². The topological polar surface area (TPSA) is 192 Å². The molecule has 2 aromatic rings. The van der Waals surface area contributed by atoms with Crippen LogP contribution < -0.4 is 26.0 Å². The third kappa shape index (κ3) is 8.63. The summed E-state index contributed by atoms with van der Waals surface area (Å²) in [6.45, 7) is 14.0. The summed E-state index contributed by atoms with van der Waals surface area (Å²) in [6.07, 6.45) is 1.64. The molecule has 1 heterocycles. The van der Waals surface area contributed by atoms with Crippen LogP contribution in [0.4, 0.5) is 15.3 Å². The van der Waals surface area contributed by atoms with E-state index in [0.29, 0.717) is 18.5 Å². The minimum absolute atomic E-state index is 0.0271. The Labute approximate surface area is 298 Å². The van der Waals surface area contributed by atoms with E-state index in [2.05, 4.69) is 32.6 Å². The molecule has 14 nitrogen and oxygen atoms in total. The minimum Gasteiger partial charge on any atom is -0.444 e. The number of nitrogens with zero attached hydrogens (tertiary/aromatic N) is 1. The number of benzene rings is 2. The molecule has 2 aromatic carbocycles. The number of carbonyl (C=O) groups excluding carboxylic acids is 5. The number of nitrogens with one attached hydrogen (secondary N) is 5. The summed E-state index contributed by atoms with van der Waals surface area (Å²) in [5.41, 5.74) is -2.69. The molecule has 3 aliphatic rings. The predicted molar refractivity (Wildman–Crippen MR) is 192 cm³/mol. The monoisotopic (exact) mass is 724 g/mol. The Morgan fingerprint density at radius 1 is 1.00 bits per heavy atom. The zero-order chi connectivity index (χ0) is 37.5. The van der Waals surface area contributed by atoms with Crippen LogP contribution in [0.25, 0.3) is 10.8 Å². The average Bonchev–Trinajstić information content (AvgIpc) is 3.95. The van der Waals surface area contributed by atoms with Gasteiger partial charge in [0.2, 0.25) is 21.8 Å². The Balaban J connectivity index is 1.39. The number of rotatable bonds is 10. The summed E-state index contributed by atoms with van der Waals surface area (Å²) in [6, 6.07) is 9.44. The Morgan fingerprint density at radius 2 is 1.67 bits per heavy atom. The Morgan fingerprint density at radius 3 is 2.27 bits per heavy atom. The first-order chi connectivity index (χ1) is 23.7. The van der Waals surface area contributed by atoms with Gasteiger partial charge in [0.1, 0.15) is 23.2 Å². The molecule has 2 unspecified atom stereocenters. The molecule has 1 aliphatic heterocycles. The number of ether oxygens (including phenoxy) is 1. The molecule has 5 N–H and O–H groups in total. The molecule has 0 radical (unpaired) electrons. The van der Waals surface area contributed by atoms with Gasteiger partial charge in [0.25, 0.3) is 5.91 Å². The molecular formula is C36H48N6O8S. The Kier molecular flexibility index (Phi) is 10.2. The van der Waals surface area contributed by atoms with Gasteiger partial charge in [0.15, 0.2) is 0 Å². The third-order valence-electron chi connectivity index (χ3n) is 9.28. The van der Waals surface area contributed by atoms with E-state index in [1.807, 2.05) is 36.4 Å². The first kappa shape index (κ1) is 37.6. The summed E-state index contributed by atoms with van der Waals surface area (Å²) >= 11 is 0. The van der Waals surface area contributed by atoms with Gasteiger partial charge in [0.05, 0.1) is 17.0 Å². The molecule has 5 atom stereocenters. The van der Waals surface area contributed by atoms with Crippen molar-refractivity contribution in [3.05, 3.63) is 55.1 Å². The summed E-state index contributed by atoms with van der Waals surface area (Å²) in [5.74, 6) is -2.72. The number of amides is 6. The Hall–Kier alpha value is -4.66. The number of hydrogen-bond acceptors (Lipinski definition) is 8. The molecule has 5 rings (SSSR count). The van der Waals surface area contributed by atoms with E-state index in [9.17, 15) is 32.4 Å². The first-order valence-corrected chi connectivity index (χ1v) is 18.6. The fourth-order valence-corrected chi connectivity index (χ4v) is 7.73. The van der Waals surface area contributed by atoms with Crippen molar-refractivity contribution in [2.75, 3.05) is 11.9 Å². The predicted octanol–water partition coefficient (Wildman–Crippen LogP) is 3.54. The van der Waals surface area contributed by atoms with Crippen LogP contribution in [0, 0.1) is 11.3 Å². The lowest BCUT2D eigenvalue weighted by molar-refractivity contribution is -0.143. The van der Waals surface area contributed by atoms with Gasteiger partial charge in [-0.25, -0.2) is 18.0 Å². The number of anilines is 1. The highest BCUT2D eigenvalue weighted by Crippen LogP contribution is 2.45. The quantitative estimate of drug-likeness (QED) is 0.230. The average molecular weight is 725 g/mol. The van der Waals surface area contributed by atoms with Gasteiger partial charge in [-0.2, -0.15) is 0 Å². The lowest BCUT2D eigenvalue weighted by Crippen LogP contribution is -2.60. The number of alkyl carbamates (subject to hydrolysis) is 1.